The summed E-state index contributed by atoms with van der Waals surface area (Å²) in [5.74, 6) is 1.84. The minimum absolute atomic E-state index is 0.209. The summed E-state index contributed by atoms with van der Waals surface area (Å²) in [4.78, 5) is 17.3. The number of fused-ring (bicyclic) bond motifs is 3. The van der Waals surface area contributed by atoms with Crippen LogP contribution in [0, 0.1) is 24.7 Å². The van der Waals surface area contributed by atoms with Crippen LogP contribution in [-0.4, -0.2) is 10.9 Å². The summed E-state index contributed by atoms with van der Waals surface area (Å²) in [5, 5.41) is 4.15. The van der Waals surface area contributed by atoms with Gasteiger partial charge in [-0.05, 0) is 80.0 Å². The largest absolute Gasteiger partial charge is 0.326 e. The molecule has 0 saturated heterocycles. The lowest BCUT2D eigenvalue weighted by atomic mass is 9.88. The van der Waals surface area contributed by atoms with E-state index in [0.717, 1.165) is 34.1 Å². The summed E-state index contributed by atoms with van der Waals surface area (Å²) in [7, 11) is 0. The summed E-state index contributed by atoms with van der Waals surface area (Å²) in [6.07, 6.45) is 4.90. The molecule has 0 aliphatic heterocycles. The smallest absolute Gasteiger partial charge is 0.227 e. The molecule has 26 heavy (non-hydrogen) atoms. The van der Waals surface area contributed by atoms with Gasteiger partial charge in [0.1, 0.15) is 5.01 Å². The highest BCUT2D eigenvalue weighted by Crippen LogP contribution is 2.48. The second kappa shape index (κ2) is 6.20. The Balaban J connectivity index is 1.32. The van der Waals surface area contributed by atoms with E-state index in [9.17, 15) is 4.79 Å². The van der Waals surface area contributed by atoms with Crippen LogP contribution < -0.4 is 5.32 Å². The van der Waals surface area contributed by atoms with Gasteiger partial charge in [-0.2, -0.15) is 0 Å². The van der Waals surface area contributed by atoms with E-state index in [2.05, 4.69) is 42.6 Å². The number of hydrogen-bond acceptors (Lipinski definition) is 3. The second-order valence-corrected chi connectivity index (χ2v) is 8.87. The van der Waals surface area contributed by atoms with Gasteiger partial charge < -0.3 is 5.32 Å². The van der Waals surface area contributed by atoms with Crippen molar-refractivity contribution in [2.75, 3.05) is 5.32 Å². The van der Waals surface area contributed by atoms with Gasteiger partial charge in [0.05, 0.1) is 10.2 Å². The first kappa shape index (κ1) is 16.0. The Kier molecular flexibility index (Phi) is 3.82. The van der Waals surface area contributed by atoms with Crippen molar-refractivity contribution in [3.8, 4) is 10.6 Å². The van der Waals surface area contributed by atoms with Crippen molar-refractivity contribution < 1.29 is 4.79 Å². The van der Waals surface area contributed by atoms with Crippen LogP contribution in [0.2, 0.25) is 0 Å². The van der Waals surface area contributed by atoms with Gasteiger partial charge in [-0.15, -0.1) is 11.3 Å². The first-order chi connectivity index (χ1) is 12.7. The normalized spacial score (nSPS) is 24.3. The van der Waals surface area contributed by atoms with E-state index in [-0.39, 0.29) is 11.8 Å². The highest BCUT2D eigenvalue weighted by atomic mass is 32.1. The predicted molar refractivity (Wildman–Crippen MR) is 107 cm³/mol. The van der Waals surface area contributed by atoms with Gasteiger partial charge in [-0.3, -0.25) is 4.79 Å². The number of amides is 1. The van der Waals surface area contributed by atoms with E-state index in [1.54, 1.807) is 11.3 Å². The second-order valence-electron chi connectivity index (χ2n) is 7.84. The quantitative estimate of drug-likeness (QED) is 0.654. The first-order valence-corrected chi connectivity index (χ1v) is 10.3. The molecular formula is C22H22N2OS. The summed E-state index contributed by atoms with van der Waals surface area (Å²) in [5.41, 5.74) is 4.29. The fourth-order valence-electron chi connectivity index (χ4n) is 4.65. The van der Waals surface area contributed by atoms with Crippen LogP contribution in [0.25, 0.3) is 20.8 Å². The fraction of sp³-hybridized carbons (Fsp3) is 0.364. The van der Waals surface area contributed by atoms with Gasteiger partial charge in [-0.1, -0.05) is 12.5 Å². The molecule has 2 saturated carbocycles. The highest BCUT2D eigenvalue weighted by Gasteiger charge is 2.42. The average molecular weight is 362 g/mol. The van der Waals surface area contributed by atoms with E-state index >= 15 is 0 Å². The number of anilines is 1. The van der Waals surface area contributed by atoms with Gasteiger partial charge in [0, 0.05) is 17.2 Å². The molecule has 3 nitrogen and oxygen atoms in total. The molecule has 0 unspecified atom stereocenters. The van der Waals surface area contributed by atoms with Crippen molar-refractivity contribution in [2.24, 2.45) is 17.8 Å². The zero-order chi connectivity index (χ0) is 17.7. The number of aromatic nitrogens is 1. The standard InChI is InChI=1S/C22H22N2OS/c1-13-2-9-19-20(10-13)26-22(24-19)15-5-7-17(8-6-15)23-21(25)18-12-14-3-4-16(18)11-14/h2,5-10,14,16,18H,3-4,11-12H2,1H3,(H,23,25)/t14-,16-,18-/m1/s1. The molecule has 1 aromatic heterocycles. The molecule has 3 aromatic rings. The molecule has 2 aliphatic rings. The molecule has 2 aliphatic carbocycles. The minimum Gasteiger partial charge on any atom is -0.326 e. The maximum Gasteiger partial charge on any atom is 0.227 e. The third kappa shape index (κ3) is 2.82. The van der Waals surface area contributed by atoms with Gasteiger partial charge in [0.2, 0.25) is 5.91 Å². The van der Waals surface area contributed by atoms with Gasteiger partial charge in [-0.25, -0.2) is 4.98 Å². The van der Waals surface area contributed by atoms with Crippen LogP contribution >= 0.6 is 11.3 Å². The zero-order valence-electron chi connectivity index (χ0n) is 14.9. The van der Waals surface area contributed by atoms with Crippen LogP contribution in [0.1, 0.15) is 31.2 Å². The monoisotopic (exact) mass is 362 g/mol. The first-order valence-electron chi connectivity index (χ1n) is 9.44. The zero-order valence-corrected chi connectivity index (χ0v) is 15.7. The molecule has 1 N–H and O–H groups in total. The summed E-state index contributed by atoms with van der Waals surface area (Å²) in [6.45, 7) is 2.10. The van der Waals surface area contributed by atoms with Crippen molar-refractivity contribution in [3.63, 3.8) is 0 Å². The Morgan fingerprint density at radius 1 is 1.12 bits per heavy atom. The third-order valence-corrected chi connectivity index (χ3v) is 7.09. The number of nitrogens with zero attached hydrogens (tertiary/aromatic N) is 1. The van der Waals surface area contributed by atoms with Crippen LogP contribution in [0.15, 0.2) is 42.5 Å². The molecule has 1 amide bonds. The number of carbonyl (C=O) groups is 1. The average Bonchev–Trinajstić information content (AvgIpc) is 3.37. The third-order valence-electron chi connectivity index (χ3n) is 6.02. The van der Waals surface area contributed by atoms with E-state index in [1.807, 2.05) is 12.1 Å². The lowest BCUT2D eigenvalue weighted by molar-refractivity contribution is -0.121. The maximum atomic E-state index is 12.6. The highest BCUT2D eigenvalue weighted by molar-refractivity contribution is 7.21. The van der Waals surface area contributed by atoms with E-state index in [4.69, 9.17) is 4.98 Å². The van der Waals surface area contributed by atoms with Gasteiger partial charge >= 0.3 is 0 Å². The maximum absolute atomic E-state index is 12.6. The number of thiazole rings is 1. The number of benzene rings is 2. The lowest BCUT2D eigenvalue weighted by Crippen LogP contribution is -2.27. The number of aryl methyl sites for hydroxylation is 1. The minimum atomic E-state index is 0.209. The Bertz CT molecular complexity index is 975. The summed E-state index contributed by atoms with van der Waals surface area (Å²) < 4.78 is 1.22. The van der Waals surface area contributed by atoms with E-state index in [0.29, 0.717) is 5.92 Å². The Morgan fingerprint density at radius 2 is 1.96 bits per heavy atom. The van der Waals surface area contributed by atoms with Crippen molar-refractivity contribution >= 4 is 33.1 Å². The predicted octanol–water partition coefficient (Wildman–Crippen LogP) is 5.65. The SMILES string of the molecule is Cc1ccc2nc(-c3ccc(NC(=O)[C@@H]4C[C@@H]5CC[C@@H]4C5)cc3)sc2c1. The molecule has 1 heterocycles. The Morgan fingerprint density at radius 3 is 2.69 bits per heavy atom. The van der Waals surface area contributed by atoms with Crippen molar-refractivity contribution in [1.82, 2.24) is 4.98 Å². The van der Waals surface area contributed by atoms with E-state index in [1.165, 1.54) is 29.5 Å². The summed E-state index contributed by atoms with van der Waals surface area (Å²) in [6, 6.07) is 14.5. The van der Waals surface area contributed by atoms with Crippen LogP contribution in [-0.2, 0) is 4.79 Å². The molecule has 132 valence electrons. The number of nitrogens with one attached hydrogen (secondary N) is 1. The molecule has 0 radical (unpaired) electrons. The molecule has 5 rings (SSSR count). The topological polar surface area (TPSA) is 42.0 Å². The fourth-order valence-corrected chi connectivity index (χ4v) is 5.72. The molecule has 4 heteroatoms. The Hall–Kier alpha value is -2.20. The van der Waals surface area contributed by atoms with Crippen LogP contribution in [0.5, 0.6) is 0 Å². The number of hydrogen-bond donors (Lipinski definition) is 1. The lowest BCUT2D eigenvalue weighted by Gasteiger charge is -2.20. The van der Waals surface area contributed by atoms with Crippen molar-refractivity contribution in [1.29, 1.82) is 0 Å². The number of carbonyl (C=O) groups excluding carboxylic acids is 1. The molecule has 3 atom stereocenters. The van der Waals surface area contributed by atoms with Gasteiger partial charge in [0.25, 0.3) is 0 Å². The number of rotatable bonds is 3. The molecule has 2 bridgehead atoms. The van der Waals surface area contributed by atoms with E-state index < -0.39 is 0 Å². The van der Waals surface area contributed by atoms with Crippen molar-refractivity contribution in [2.45, 2.75) is 32.6 Å². The molecule has 2 aromatic carbocycles. The molecule has 2 fully saturated rings. The Labute approximate surface area is 157 Å². The molecular weight excluding hydrogens is 340 g/mol. The van der Waals surface area contributed by atoms with Crippen LogP contribution in [0.4, 0.5) is 5.69 Å². The summed E-state index contributed by atoms with van der Waals surface area (Å²) >= 11 is 1.71. The molecule has 0 spiro atoms. The van der Waals surface area contributed by atoms with Crippen molar-refractivity contribution in [3.05, 3.63) is 48.0 Å². The van der Waals surface area contributed by atoms with Gasteiger partial charge in [0.15, 0.2) is 0 Å². The van der Waals surface area contributed by atoms with Crippen LogP contribution in [0.3, 0.4) is 0 Å².